The van der Waals surface area contributed by atoms with Crippen molar-refractivity contribution in [3.63, 3.8) is 0 Å². The molecular weight excluding hydrogens is 572 g/mol. The summed E-state index contributed by atoms with van der Waals surface area (Å²) in [6, 6.07) is -2.06. The molecule has 3 rings (SSSR count). The number of nitrogens with zero attached hydrogens (tertiary/aromatic N) is 1. The standard InChI is InChI=1S/C27H46N4O8S2/c1-25(2,3)39-24(35)29-21(23(34)31-16-18(32)15-20(31)22(28)33)26(4,5)40-14-8-6-7-13-27(36,17-9-10-17)30-41(37,38)19-11-12-19/h7,13,17-21,30,32,36H,6,8-12,14-16H2,1-5H3,(H2,28,33)(H,29,35)/b13-7-/t18-,20+,21-,27?/m1/s1. The predicted molar refractivity (Wildman–Crippen MR) is 156 cm³/mol. The molecule has 3 aliphatic rings. The SMILES string of the molecule is CC(C)(C)OC(=O)N[C@H](C(=O)N1C[C@H](O)C[C@H]1C(N)=O)C(C)(C)SCCC/C=C\C(O)(NS(=O)(=O)C1CC1)C1CC1. The number of carbonyl (C=O) groups is 3. The number of amides is 3. The van der Waals surface area contributed by atoms with Gasteiger partial charge in [-0.15, -0.1) is 0 Å². The molecule has 234 valence electrons. The number of aliphatic hydroxyl groups excluding tert-OH is 1. The molecule has 3 amide bonds. The van der Waals surface area contributed by atoms with Crippen molar-refractivity contribution in [2.45, 2.75) is 119 Å². The van der Waals surface area contributed by atoms with Crippen molar-refractivity contribution in [2.24, 2.45) is 11.7 Å². The average Bonchev–Trinajstić information content (AvgIpc) is 3.73. The third-order valence-electron chi connectivity index (χ3n) is 7.32. The van der Waals surface area contributed by atoms with Crippen molar-refractivity contribution in [1.29, 1.82) is 0 Å². The van der Waals surface area contributed by atoms with E-state index in [1.54, 1.807) is 46.8 Å². The zero-order valence-electron chi connectivity index (χ0n) is 24.6. The third-order valence-corrected chi connectivity index (χ3v) is 10.8. The van der Waals surface area contributed by atoms with Gasteiger partial charge in [-0.2, -0.15) is 16.5 Å². The number of β-amino-alcohol motifs (C(OH)–C–C–N with tert-alkyl or cyclic N) is 1. The summed E-state index contributed by atoms with van der Waals surface area (Å²) < 4.78 is 31.9. The fourth-order valence-corrected chi connectivity index (χ4v) is 7.58. The monoisotopic (exact) mass is 618 g/mol. The Morgan fingerprint density at radius 2 is 1.78 bits per heavy atom. The summed E-state index contributed by atoms with van der Waals surface area (Å²) in [6.45, 7) is 8.65. The molecule has 0 radical (unpaired) electrons. The molecule has 4 atom stereocenters. The van der Waals surface area contributed by atoms with Crippen LogP contribution in [-0.4, -0.2) is 93.2 Å². The van der Waals surface area contributed by atoms with Crippen molar-refractivity contribution >= 4 is 39.7 Å². The highest BCUT2D eigenvalue weighted by atomic mass is 32.2. The van der Waals surface area contributed by atoms with Gasteiger partial charge in [0.2, 0.25) is 21.8 Å². The Morgan fingerprint density at radius 3 is 2.32 bits per heavy atom. The van der Waals surface area contributed by atoms with Crippen LogP contribution in [0.15, 0.2) is 12.2 Å². The van der Waals surface area contributed by atoms with E-state index >= 15 is 0 Å². The molecule has 1 unspecified atom stereocenters. The Labute approximate surface area is 247 Å². The number of carbonyl (C=O) groups excluding carboxylic acids is 3. The Hall–Kier alpha value is -1.87. The number of thioether (sulfide) groups is 1. The molecule has 14 heteroatoms. The van der Waals surface area contributed by atoms with Crippen molar-refractivity contribution in [3.8, 4) is 0 Å². The van der Waals surface area contributed by atoms with Gasteiger partial charge in [0.15, 0.2) is 5.72 Å². The van der Waals surface area contributed by atoms with E-state index in [0.29, 0.717) is 31.4 Å². The maximum atomic E-state index is 13.7. The van der Waals surface area contributed by atoms with E-state index < -0.39 is 67.4 Å². The summed E-state index contributed by atoms with van der Waals surface area (Å²) in [5, 5.41) is 23.4. The number of ether oxygens (including phenoxy) is 1. The van der Waals surface area contributed by atoms with Crippen molar-refractivity contribution in [2.75, 3.05) is 12.3 Å². The smallest absolute Gasteiger partial charge is 0.408 e. The second kappa shape index (κ2) is 12.8. The first-order chi connectivity index (χ1) is 18.8. The highest BCUT2D eigenvalue weighted by molar-refractivity contribution is 8.00. The van der Waals surface area contributed by atoms with Crippen LogP contribution in [0.2, 0.25) is 0 Å². The first-order valence-electron chi connectivity index (χ1n) is 14.2. The number of nitrogens with two attached hydrogens (primary N) is 1. The number of rotatable bonds is 14. The van der Waals surface area contributed by atoms with Gasteiger partial charge in [-0.1, -0.05) is 6.08 Å². The zero-order chi connectivity index (χ0) is 30.8. The average molecular weight is 619 g/mol. The van der Waals surface area contributed by atoms with Gasteiger partial charge < -0.3 is 30.9 Å². The summed E-state index contributed by atoms with van der Waals surface area (Å²) >= 11 is 1.44. The van der Waals surface area contributed by atoms with Crippen LogP contribution in [0.3, 0.4) is 0 Å². The van der Waals surface area contributed by atoms with E-state index in [-0.39, 0.29) is 18.9 Å². The maximum Gasteiger partial charge on any atom is 0.408 e. The van der Waals surface area contributed by atoms with E-state index in [1.807, 2.05) is 0 Å². The fraction of sp³-hybridized carbons (Fsp3) is 0.815. The zero-order valence-corrected chi connectivity index (χ0v) is 26.2. The molecule has 12 nitrogen and oxygen atoms in total. The van der Waals surface area contributed by atoms with Crippen LogP contribution >= 0.6 is 11.8 Å². The fourth-order valence-electron chi connectivity index (χ4n) is 4.80. The normalized spacial score (nSPS) is 24.2. The quantitative estimate of drug-likeness (QED) is 0.109. The second-order valence-electron chi connectivity index (χ2n) is 12.8. The van der Waals surface area contributed by atoms with Crippen LogP contribution in [0, 0.1) is 5.92 Å². The number of primary amides is 1. The highest BCUT2D eigenvalue weighted by Crippen LogP contribution is 2.41. The summed E-state index contributed by atoms with van der Waals surface area (Å²) in [6.07, 6.45) is 5.60. The number of hydrogen-bond donors (Lipinski definition) is 5. The van der Waals surface area contributed by atoms with E-state index in [1.165, 1.54) is 16.7 Å². The Balaban J connectivity index is 1.63. The molecule has 0 aromatic rings. The molecule has 6 N–H and O–H groups in total. The summed E-state index contributed by atoms with van der Waals surface area (Å²) in [4.78, 5) is 39.6. The van der Waals surface area contributed by atoms with Gasteiger partial charge in [-0.25, -0.2) is 13.2 Å². The Bertz CT molecular complexity index is 1110. The molecule has 1 aliphatic heterocycles. The molecule has 1 heterocycles. The van der Waals surface area contributed by atoms with E-state index in [4.69, 9.17) is 10.5 Å². The number of unbranched alkanes of at least 4 members (excludes halogenated alkanes) is 1. The molecule has 0 aromatic heterocycles. The predicted octanol–water partition coefficient (Wildman–Crippen LogP) is 1.36. The van der Waals surface area contributed by atoms with E-state index in [9.17, 15) is 33.0 Å². The van der Waals surface area contributed by atoms with Gasteiger partial charge in [-0.3, -0.25) is 9.59 Å². The molecule has 2 aliphatic carbocycles. The van der Waals surface area contributed by atoms with E-state index in [0.717, 1.165) is 12.8 Å². The van der Waals surface area contributed by atoms with Crippen molar-refractivity contribution < 1.29 is 37.8 Å². The molecule has 2 saturated carbocycles. The number of nitrogens with one attached hydrogen (secondary N) is 2. The lowest BCUT2D eigenvalue weighted by Gasteiger charge is -2.37. The second-order valence-corrected chi connectivity index (χ2v) is 16.5. The molecule has 3 fully saturated rings. The van der Waals surface area contributed by atoms with Crippen molar-refractivity contribution in [3.05, 3.63) is 12.2 Å². The van der Waals surface area contributed by atoms with Crippen LogP contribution in [0.5, 0.6) is 0 Å². The van der Waals surface area contributed by atoms with E-state index in [2.05, 4.69) is 10.0 Å². The van der Waals surface area contributed by atoms with Gasteiger partial charge in [0, 0.05) is 23.6 Å². The Morgan fingerprint density at radius 1 is 1.15 bits per heavy atom. The summed E-state index contributed by atoms with van der Waals surface area (Å²) in [5.41, 5.74) is 3.11. The molecule has 1 saturated heterocycles. The van der Waals surface area contributed by atoms with Gasteiger partial charge in [0.05, 0.1) is 11.4 Å². The molecule has 41 heavy (non-hydrogen) atoms. The van der Waals surface area contributed by atoms with Gasteiger partial charge >= 0.3 is 6.09 Å². The lowest BCUT2D eigenvalue weighted by molar-refractivity contribution is -0.139. The summed E-state index contributed by atoms with van der Waals surface area (Å²) in [7, 11) is -3.56. The maximum absolute atomic E-state index is 13.7. The number of alkyl carbamates (subject to hydrolysis) is 1. The number of sulfonamides is 1. The van der Waals surface area contributed by atoms with Crippen LogP contribution in [-0.2, 0) is 24.3 Å². The van der Waals surface area contributed by atoms with Crippen LogP contribution in [0.1, 0.15) is 79.6 Å². The minimum atomic E-state index is -3.56. The van der Waals surface area contributed by atoms with Gasteiger partial charge in [0.1, 0.15) is 17.7 Å². The van der Waals surface area contributed by atoms with Gasteiger partial charge in [0.25, 0.3) is 0 Å². The third kappa shape index (κ3) is 9.57. The minimum absolute atomic E-state index is 0.0319. The first kappa shape index (κ1) is 33.6. The minimum Gasteiger partial charge on any atom is -0.444 e. The molecule has 0 bridgehead atoms. The Kier molecular flexibility index (Phi) is 10.5. The largest absolute Gasteiger partial charge is 0.444 e. The topological polar surface area (TPSA) is 188 Å². The molecular formula is C27H46N4O8S2. The van der Waals surface area contributed by atoms with Crippen LogP contribution < -0.4 is 15.8 Å². The highest BCUT2D eigenvalue weighted by Gasteiger charge is 2.48. The number of aliphatic hydroxyl groups is 2. The molecule has 0 aromatic carbocycles. The van der Waals surface area contributed by atoms with Gasteiger partial charge in [-0.05, 0) is 85.0 Å². The number of hydrogen-bond acceptors (Lipinski definition) is 9. The number of allylic oxidation sites excluding steroid dienone is 1. The van der Waals surface area contributed by atoms with Crippen LogP contribution in [0.4, 0.5) is 4.79 Å². The summed E-state index contributed by atoms with van der Waals surface area (Å²) in [5.74, 6) is -0.825. The van der Waals surface area contributed by atoms with Crippen molar-refractivity contribution in [1.82, 2.24) is 14.9 Å². The first-order valence-corrected chi connectivity index (χ1v) is 16.7. The molecule has 0 spiro atoms. The van der Waals surface area contributed by atoms with Crippen LogP contribution in [0.25, 0.3) is 0 Å². The lowest BCUT2D eigenvalue weighted by Crippen LogP contribution is -2.60. The lowest BCUT2D eigenvalue weighted by atomic mass is 10.0. The number of likely N-dealkylation sites (tertiary alicyclic amines) is 1.